The molecule has 0 radical (unpaired) electrons. The summed E-state index contributed by atoms with van der Waals surface area (Å²) in [6.07, 6.45) is 0. The summed E-state index contributed by atoms with van der Waals surface area (Å²) in [6.45, 7) is 0. The van der Waals surface area contributed by atoms with Gasteiger partial charge in [0, 0.05) is 21.2 Å². The third-order valence-corrected chi connectivity index (χ3v) is 5.47. The SMILES string of the molecule is Brc1cccc(-c2nc(-c3ccccc3)nc(-c3cccc(-c4ccccc4)c3)n2)c1. The van der Waals surface area contributed by atoms with Gasteiger partial charge in [-0.2, -0.15) is 0 Å². The zero-order chi connectivity index (χ0) is 21.0. The van der Waals surface area contributed by atoms with Gasteiger partial charge in [-0.15, -0.1) is 0 Å². The first-order chi connectivity index (χ1) is 15.3. The van der Waals surface area contributed by atoms with Gasteiger partial charge < -0.3 is 0 Å². The van der Waals surface area contributed by atoms with Crippen LogP contribution in [0.4, 0.5) is 0 Å². The zero-order valence-electron chi connectivity index (χ0n) is 16.6. The van der Waals surface area contributed by atoms with Crippen LogP contribution in [-0.2, 0) is 0 Å². The first-order valence-electron chi connectivity index (χ1n) is 9.99. The lowest BCUT2D eigenvalue weighted by Crippen LogP contribution is -2.00. The van der Waals surface area contributed by atoms with Crippen molar-refractivity contribution in [1.29, 1.82) is 0 Å². The molecule has 4 heteroatoms. The van der Waals surface area contributed by atoms with E-state index < -0.39 is 0 Å². The smallest absolute Gasteiger partial charge is 0.164 e. The molecule has 5 aromatic rings. The second-order valence-corrected chi connectivity index (χ2v) is 8.05. The molecule has 0 unspecified atom stereocenters. The number of benzene rings is 4. The van der Waals surface area contributed by atoms with Crippen molar-refractivity contribution in [3.05, 3.63) is 114 Å². The lowest BCUT2D eigenvalue weighted by molar-refractivity contribution is 1.07. The van der Waals surface area contributed by atoms with Crippen molar-refractivity contribution in [2.24, 2.45) is 0 Å². The highest BCUT2D eigenvalue weighted by Crippen LogP contribution is 2.28. The Morgan fingerprint density at radius 1 is 0.387 bits per heavy atom. The van der Waals surface area contributed by atoms with Crippen LogP contribution in [0.25, 0.3) is 45.3 Å². The summed E-state index contributed by atoms with van der Waals surface area (Å²) in [6, 6.07) is 36.7. The number of hydrogen-bond donors (Lipinski definition) is 0. The minimum absolute atomic E-state index is 0.648. The van der Waals surface area contributed by atoms with Gasteiger partial charge in [-0.1, -0.05) is 107 Å². The molecule has 1 aromatic heterocycles. The standard InChI is InChI=1S/C27H18BrN3/c28-24-16-8-15-23(18-24)27-30-25(20-11-5-2-6-12-20)29-26(31-27)22-14-7-13-21(17-22)19-9-3-1-4-10-19/h1-18H. The van der Waals surface area contributed by atoms with Gasteiger partial charge in [0.2, 0.25) is 0 Å². The van der Waals surface area contributed by atoms with Crippen molar-refractivity contribution in [3.8, 4) is 45.3 Å². The second kappa shape index (κ2) is 8.62. The lowest BCUT2D eigenvalue weighted by Gasteiger charge is -2.10. The second-order valence-electron chi connectivity index (χ2n) is 7.13. The fourth-order valence-electron chi connectivity index (χ4n) is 3.45. The van der Waals surface area contributed by atoms with Crippen LogP contribution >= 0.6 is 15.9 Å². The van der Waals surface area contributed by atoms with Gasteiger partial charge >= 0.3 is 0 Å². The third kappa shape index (κ3) is 4.30. The molecular formula is C27H18BrN3. The summed E-state index contributed by atoms with van der Waals surface area (Å²) in [5, 5.41) is 0. The maximum absolute atomic E-state index is 4.83. The molecule has 0 aliphatic heterocycles. The van der Waals surface area contributed by atoms with Crippen molar-refractivity contribution in [2.45, 2.75) is 0 Å². The number of rotatable bonds is 4. The molecule has 0 N–H and O–H groups in total. The van der Waals surface area contributed by atoms with Crippen LogP contribution in [0.1, 0.15) is 0 Å². The van der Waals surface area contributed by atoms with E-state index in [1.54, 1.807) is 0 Å². The maximum atomic E-state index is 4.83. The normalized spacial score (nSPS) is 10.7. The fourth-order valence-corrected chi connectivity index (χ4v) is 3.85. The molecule has 0 bridgehead atoms. The summed E-state index contributed by atoms with van der Waals surface area (Å²) in [7, 11) is 0. The topological polar surface area (TPSA) is 38.7 Å². The number of hydrogen-bond acceptors (Lipinski definition) is 3. The minimum atomic E-state index is 0.648. The summed E-state index contributed by atoms with van der Waals surface area (Å²) in [4.78, 5) is 14.4. The van der Waals surface area contributed by atoms with E-state index in [0.717, 1.165) is 32.3 Å². The number of aromatic nitrogens is 3. The van der Waals surface area contributed by atoms with Crippen molar-refractivity contribution < 1.29 is 0 Å². The van der Waals surface area contributed by atoms with Crippen molar-refractivity contribution in [2.75, 3.05) is 0 Å². The van der Waals surface area contributed by atoms with E-state index in [0.29, 0.717) is 17.5 Å². The van der Waals surface area contributed by atoms with Crippen LogP contribution in [0, 0.1) is 0 Å². The monoisotopic (exact) mass is 463 g/mol. The van der Waals surface area contributed by atoms with E-state index in [2.05, 4.69) is 40.2 Å². The molecule has 0 atom stereocenters. The van der Waals surface area contributed by atoms with E-state index in [-0.39, 0.29) is 0 Å². The quantitative estimate of drug-likeness (QED) is 0.280. The van der Waals surface area contributed by atoms with E-state index in [9.17, 15) is 0 Å². The van der Waals surface area contributed by atoms with Gasteiger partial charge in [-0.3, -0.25) is 0 Å². The van der Waals surface area contributed by atoms with Crippen LogP contribution in [0.15, 0.2) is 114 Å². The zero-order valence-corrected chi connectivity index (χ0v) is 18.2. The highest BCUT2D eigenvalue weighted by atomic mass is 79.9. The summed E-state index contributed by atoms with van der Waals surface area (Å²) in [5.41, 5.74) is 5.14. The molecule has 3 nitrogen and oxygen atoms in total. The Morgan fingerprint density at radius 3 is 1.45 bits per heavy atom. The maximum Gasteiger partial charge on any atom is 0.164 e. The van der Waals surface area contributed by atoms with Crippen LogP contribution in [0.5, 0.6) is 0 Å². The van der Waals surface area contributed by atoms with Crippen molar-refractivity contribution in [3.63, 3.8) is 0 Å². The highest BCUT2D eigenvalue weighted by molar-refractivity contribution is 9.10. The van der Waals surface area contributed by atoms with E-state index in [4.69, 9.17) is 15.0 Å². The van der Waals surface area contributed by atoms with Crippen molar-refractivity contribution in [1.82, 2.24) is 15.0 Å². The average molecular weight is 464 g/mol. The van der Waals surface area contributed by atoms with E-state index in [1.165, 1.54) is 0 Å². The Kier molecular flexibility index (Phi) is 5.38. The Balaban J connectivity index is 1.67. The molecular weight excluding hydrogens is 446 g/mol. The molecule has 0 saturated carbocycles. The molecule has 0 amide bonds. The summed E-state index contributed by atoms with van der Waals surface area (Å²) < 4.78 is 0.985. The van der Waals surface area contributed by atoms with E-state index >= 15 is 0 Å². The Labute approximate surface area is 189 Å². The van der Waals surface area contributed by atoms with Crippen molar-refractivity contribution >= 4 is 15.9 Å². The van der Waals surface area contributed by atoms with Gasteiger partial charge in [0.25, 0.3) is 0 Å². The van der Waals surface area contributed by atoms with Crippen LogP contribution in [-0.4, -0.2) is 15.0 Å². The fraction of sp³-hybridized carbons (Fsp3) is 0. The lowest BCUT2D eigenvalue weighted by atomic mass is 10.0. The average Bonchev–Trinajstić information content (AvgIpc) is 2.85. The first kappa shape index (κ1) is 19.3. The van der Waals surface area contributed by atoms with Gasteiger partial charge in [0.15, 0.2) is 17.5 Å². The largest absolute Gasteiger partial charge is 0.208 e. The molecule has 0 spiro atoms. The third-order valence-electron chi connectivity index (χ3n) is 4.98. The van der Waals surface area contributed by atoms with Gasteiger partial charge in [0.1, 0.15) is 0 Å². The first-order valence-corrected chi connectivity index (χ1v) is 10.8. The Morgan fingerprint density at radius 2 is 0.839 bits per heavy atom. The van der Waals surface area contributed by atoms with Gasteiger partial charge in [-0.05, 0) is 29.3 Å². The molecule has 4 aromatic carbocycles. The Hall–Kier alpha value is -3.63. The minimum Gasteiger partial charge on any atom is -0.208 e. The molecule has 0 fully saturated rings. The Bertz CT molecular complexity index is 1340. The van der Waals surface area contributed by atoms with Gasteiger partial charge in [0.05, 0.1) is 0 Å². The molecule has 0 aliphatic carbocycles. The molecule has 5 rings (SSSR count). The number of halogens is 1. The van der Waals surface area contributed by atoms with Crippen LogP contribution in [0.3, 0.4) is 0 Å². The molecule has 0 saturated heterocycles. The summed E-state index contributed by atoms with van der Waals surface area (Å²) in [5.74, 6) is 1.96. The van der Waals surface area contributed by atoms with Crippen LogP contribution in [0.2, 0.25) is 0 Å². The molecule has 148 valence electrons. The molecule has 1 heterocycles. The predicted octanol–water partition coefficient (Wildman–Crippen LogP) is 7.30. The van der Waals surface area contributed by atoms with Gasteiger partial charge in [-0.25, -0.2) is 15.0 Å². The van der Waals surface area contributed by atoms with E-state index in [1.807, 2.05) is 84.9 Å². The highest BCUT2D eigenvalue weighted by Gasteiger charge is 2.13. The van der Waals surface area contributed by atoms with Crippen LogP contribution < -0.4 is 0 Å². The predicted molar refractivity (Wildman–Crippen MR) is 129 cm³/mol. The summed E-state index contributed by atoms with van der Waals surface area (Å²) >= 11 is 3.55. The molecule has 31 heavy (non-hydrogen) atoms. The molecule has 0 aliphatic rings. The number of nitrogens with zero attached hydrogens (tertiary/aromatic N) is 3.